The fourth-order valence-electron chi connectivity index (χ4n) is 1.07. The van der Waals surface area contributed by atoms with E-state index in [9.17, 15) is 0 Å². The van der Waals surface area contributed by atoms with Crippen molar-refractivity contribution >= 4 is 11.6 Å². The highest BCUT2D eigenvalue weighted by molar-refractivity contribution is 6.30. The standard InChI is InChI=1S/C11H16ClNO/c1-8-6-9(12)4-5-10(8)14-11(2,3)7-13/h4-6H,7,13H2,1-3H3. The van der Waals surface area contributed by atoms with Gasteiger partial charge < -0.3 is 10.5 Å². The van der Waals surface area contributed by atoms with Crippen LogP contribution in [0.1, 0.15) is 19.4 Å². The van der Waals surface area contributed by atoms with E-state index in [1.165, 1.54) is 0 Å². The highest BCUT2D eigenvalue weighted by Gasteiger charge is 2.18. The molecule has 14 heavy (non-hydrogen) atoms. The molecule has 1 aromatic rings. The van der Waals surface area contributed by atoms with Gasteiger partial charge in [-0.3, -0.25) is 0 Å². The summed E-state index contributed by atoms with van der Waals surface area (Å²) in [5.41, 5.74) is 6.28. The molecule has 1 rings (SSSR count). The minimum atomic E-state index is -0.335. The van der Waals surface area contributed by atoms with Crippen molar-refractivity contribution in [2.75, 3.05) is 6.54 Å². The third-order valence-corrected chi connectivity index (χ3v) is 2.25. The summed E-state index contributed by atoms with van der Waals surface area (Å²) in [4.78, 5) is 0. The van der Waals surface area contributed by atoms with Gasteiger partial charge in [0.05, 0.1) is 0 Å². The molecule has 0 heterocycles. The van der Waals surface area contributed by atoms with Crippen molar-refractivity contribution in [3.8, 4) is 5.75 Å². The van der Waals surface area contributed by atoms with Crippen molar-refractivity contribution in [1.29, 1.82) is 0 Å². The molecule has 0 atom stereocenters. The average molecular weight is 214 g/mol. The first kappa shape index (κ1) is 11.3. The largest absolute Gasteiger partial charge is 0.486 e. The van der Waals surface area contributed by atoms with Gasteiger partial charge >= 0.3 is 0 Å². The van der Waals surface area contributed by atoms with Gasteiger partial charge in [0.2, 0.25) is 0 Å². The van der Waals surface area contributed by atoms with Crippen LogP contribution in [0.4, 0.5) is 0 Å². The van der Waals surface area contributed by atoms with E-state index in [-0.39, 0.29) is 5.60 Å². The molecule has 0 spiro atoms. The molecule has 2 N–H and O–H groups in total. The quantitative estimate of drug-likeness (QED) is 0.838. The van der Waals surface area contributed by atoms with E-state index in [1.807, 2.05) is 39.0 Å². The number of benzene rings is 1. The molecule has 0 aliphatic carbocycles. The van der Waals surface area contributed by atoms with Gasteiger partial charge in [-0.1, -0.05) is 11.6 Å². The molecule has 0 aromatic heterocycles. The molecule has 0 radical (unpaired) electrons. The molecule has 3 heteroatoms. The second-order valence-electron chi connectivity index (χ2n) is 3.98. The van der Waals surface area contributed by atoms with Gasteiger partial charge in [0.1, 0.15) is 11.4 Å². The number of halogens is 1. The molecule has 0 aliphatic rings. The Kier molecular flexibility index (Phi) is 3.40. The van der Waals surface area contributed by atoms with Gasteiger partial charge in [-0.2, -0.15) is 0 Å². The fourth-order valence-corrected chi connectivity index (χ4v) is 1.29. The monoisotopic (exact) mass is 213 g/mol. The molecule has 0 fully saturated rings. The van der Waals surface area contributed by atoms with Crippen LogP contribution in [-0.2, 0) is 0 Å². The van der Waals surface area contributed by atoms with E-state index in [0.717, 1.165) is 16.3 Å². The molecule has 2 nitrogen and oxygen atoms in total. The van der Waals surface area contributed by atoms with Crippen molar-refractivity contribution in [3.63, 3.8) is 0 Å². The Hall–Kier alpha value is -0.730. The van der Waals surface area contributed by atoms with Crippen molar-refractivity contribution in [2.45, 2.75) is 26.4 Å². The number of hydrogen-bond acceptors (Lipinski definition) is 2. The first-order valence-corrected chi connectivity index (χ1v) is 4.98. The maximum atomic E-state index is 5.84. The Balaban J connectivity index is 2.87. The molecule has 0 unspecified atom stereocenters. The van der Waals surface area contributed by atoms with E-state index >= 15 is 0 Å². The lowest BCUT2D eigenvalue weighted by atomic mass is 10.1. The van der Waals surface area contributed by atoms with Gasteiger partial charge in [-0.15, -0.1) is 0 Å². The van der Waals surface area contributed by atoms with Crippen LogP contribution < -0.4 is 10.5 Å². The highest BCUT2D eigenvalue weighted by atomic mass is 35.5. The SMILES string of the molecule is Cc1cc(Cl)ccc1OC(C)(C)CN. The first-order valence-electron chi connectivity index (χ1n) is 4.60. The summed E-state index contributed by atoms with van der Waals surface area (Å²) in [6.07, 6.45) is 0. The lowest BCUT2D eigenvalue weighted by Gasteiger charge is -2.25. The van der Waals surface area contributed by atoms with Crippen LogP contribution >= 0.6 is 11.6 Å². The predicted molar refractivity (Wildman–Crippen MR) is 60.0 cm³/mol. The fraction of sp³-hybridized carbons (Fsp3) is 0.455. The lowest BCUT2D eigenvalue weighted by molar-refractivity contribution is 0.118. The Morgan fingerprint density at radius 2 is 2.07 bits per heavy atom. The van der Waals surface area contributed by atoms with Gasteiger partial charge in [-0.05, 0) is 44.5 Å². The van der Waals surface area contributed by atoms with Crippen molar-refractivity contribution < 1.29 is 4.74 Å². The lowest BCUT2D eigenvalue weighted by Crippen LogP contribution is -2.37. The van der Waals surface area contributed by atoms with Crippen LogP contribution in [0.3, 0.4) is 0 Å². The van der Waals surface area contributed by atoms with E-state index in [4.69, 9.17) is 22.1 Å². The summed E-state index contributed by atoms with van der Waals surface area (Å²) >= 11 is 5.84. The summed E-state index contributed by atoms with van der Waals surface area (Å²) in [6, 6.07) is 5.56. The van der Waals surface area contributed by atoms with Crippen LogP contribution in [0.5, 0.6) is 5.75 Å². The zero-order chi connectivity index (χ0) is 10.8. The third kappa shape index (κ3) is 2.89. The number of nitrogens with two attached hydrogens (primary N) is 1. The third-order valence-electron chi connectivity index (χ3n) is 2.01. The van der Waals surface area contributed by atoms with Crippen molar-refractivity contribution in [2.24, 2.45) is 5.73 Å². The van der Waals surface area contributed by atoms with Crippen LogP contribution in [-0.4, -0.2) is 12.1 Å². The second kappa shape index (κ2) is 4.20. The van der Waals surface area contributed by atoms with E-state index in [2.05, 4.69) is 0 Å². The second-order valence-corrected chi connectivity index (χ2v) is 4.41. The molecular formula is C11H16ClNO. The first-order chi connectivity index (χ1) is 6.44. The Morgan fingerprint density at radius 3 is 2.57 bits per heavy atom. The molecule has 0 saturated heterocycles. The van der Waals surface area contributed by atoms with Gasteiger partial charge in [0.15, 0.2) is 0 Å². The number of rotatable bonds is 3. The zero-order valence-electron chi connectivity index (χ0n) is 8.80. The molecular weight excluding hydrogens is 198 g/mol. The average Bonchev–Trinajstić information content (AvgIpc) is 2.10. The summed E-state index contributed by atoms with van der Waals surface area (Å²) in [7, 11) is 0. The van der Waals surface area contributed by atoms with Crippen LogP contribution in [0.25, 0.3) is 0 Å². The summed E-state index contributed by atoms with van der Waals surface area (Å²) in [6.45, 7) is 6.37. The zero-order valence-corrected chi connectivity index (χ0v) is 9.56. The maximum Gasteiger partial charge on any atom is 0.123 e. The van der Waals surface area contributed by atoms with Crippen molar-refractivity contribution in [1.82, 2.24) is 0 Å². The van der Waals surface area contributed by atoms with E-state index in [1.54, 1.807) is 0 Å². The predicted octanol–water partition coefficient (Wildman–Crippen LogP) is 2.76. The molecule has 0 bridgehead atoms. The van der Waals surface area contributed by atoms with Gasteiger partial charge in [-0.25, -0.2) is 0 Å². The summed E-state index contributed by atoms with van der Waals surface area (Å²) in [5, 5.41) is 0.723. The normalized spacial score (nSPS) is 11.5. The minimum Gasteiger partial charge on any atom is -0.486 e. The molecule has 0 amide bonds. The molecule has 0 saturated carbocycles. The van der Waals surface area contributed by atoms with Crippen LogP contribution in [0, 0.1) is 6.92 Å². The van der Waals surface area contributed by atoms with E-state index in [0.29, 0.717) is 6.54 Å². The number of aryl methyl sites for hydroxylation is 1. The van der Waals surface area contributed by atoms with Crippen LogP contribution in [0.15, 0.2) is 18.2 Å². The minimum absolute atomic E-state index is 0.335. The topological polar surface area (TPSA) is 35.2 Å². The van der Waals surface area contributed by atoms with E-state index < -0.39 is 0 Å². The van der Waals surface area contributed by atoms with Crippen molar-refractivity contribution in [3.05, 3.63) is 28.8 Å². The number of ether oxygens (including phenoxy) is 1. The molecule has 1 aromatic carbocycles. The van der Waals surface area contributed by atoms with Gasteiger partial charge in [0, 0.05) is 11.6 Å². The molecule has 0 aliphatic heterocycles. The Labute approximate surface area is 90.0 Å². The number of hydrogen-bond donors (Lipinski definition) is 1. The van der Waals surface area contributed by atoms with Gasteiger partial charge in [0.25, 0.3) is 0 Å². The Morgan fingerprint density at radius 1 is 1.43 bits per heavy atom. The summed E-state index contributed by atoms with van der Waals surface area (Å²) in [5.74, 6) is 0.838. The maximum absolute atomic E-state index is 5.84. The Bertz CT molecular complexity index is 323. The smallest absolute Gasteiger partial charge is 0.123 e. The highest BCUT2D eigenvalue weighted by Crippen LogP contribution is 2.25. The summed E-state index contributed by atoms with van der Waals surface area (Å²) < 4.78 is 5.75. The van der Waals surface area contributed by atoms with Crippen LogP contribution in [0.2, 0.25) is 5.02 Å². The molecule has 78 valence electrons.